The summed E-state index contributed by atoms with van der Waals surface area (Å²) in [5.41, 5.74) is 0.0899. The Hall–Kier alpha value is -1.65. The molecule has 1 heterocycles. The highest BCUT2D eigenvalue weighted by molar-refractivity contribution is 5.92. The average Bonchev–Trinajstić information content (AvgIpc) is 2.66. The van der Waals surface area contributed by atoms with E-state index in [1.807, 2.05) is 20.8 Å². The van der Waals surface area contributed by atoms with Crippen LogP contribution in [0.4, 0.5) is 5.82 Å². The summed E-state index contributed by atoms with van der Waals surface area (Å²) in [6, 6.07) is 0.482. The molecule has 0 atom stereocenters. The van der Waals surface area contributed by atoms with E-state index in [1.54, 1.807) is 12.4 Å². The second-order valence-corrected chi connectivity index (χ2v) is 6.82. The molecule has 0 aromatic carbocycles. The number of aromatic nitrogens is 2. The number of carbonyl (C=O) groups is 1. The quantitative estimate of drug-likeness (QED) is 0.839. The molecule has 0 aliphatic heterocycles. The van der Waals surface area contributed by atoms with Crippen LogP contribution in [0.1, 0.15) is 69.8 Å². The number of carbonyl (C=O) groups excluding carboxylic acids is 1. The van der Waals surface area contributed by atoms with E-state index in [2.05, 4.69) is 20.6 Å². The van der Waals surface area contributed by atoms with Gasteiger partial charge < -0.3 is 10.6 Å². The molecule has 1 aromatic heterocycles. The molecule has 2 N–H and O–H groups in total. The molecule has 1 aromatic rings. The van der Waals surface area contributed by atoms with Crippen molar-refractivity contribution in [2.75, 3.05) is 5.32 Å². The monoisotopic (exact) mass is 290 g/mol. The SMILES string of the molecule is CC(C)(C)NC(=O)c1cnc(NC2CCCCCC2)cn1. The van der Waals surface area contributed by atoms with Gasteiger partial charge >= 0.3 is 0 Å². The highest BCUT2D eigenvalue weighted by Gasteiger charge is 2.17. The van der Waals surface area contributed by atoms with Crippen LogP contribution < -0.4 is 10.6 Å². The summed E-state index contributed by atoms with van der Waals surface area (Å²) in [5.74, 6) is 0.574. The molecule has 2 rings (SSSR count). The fourth-order valence-corrected chi connectivity index (χ4v) is 2.56. The number of rotatable bonds is 3. The van der Waals surface area contributed by atoms with Crippen LogP contribution in [-0.2, 0) is 0 Å². The molecular weight excluding hydrogens is 264 g/mol. The smallest absolute Gasteiger partial charge is 0.271 e. The lowest BCUT2D eigenvalue weighted by molar-refractivity contribution is 0.0914. The minimum atomic E-state index is -0.268. The van der Waals surface area contributed by atoms with Crippen LogP contribution >= 0.6 is 0 Å². The predicted octanol–water partition coefficient (Wildman–Crippen LogP) is 3.14. The van der Waals surface area contributed by atoms with Gasteiger partial charge in [0, 0.05) is 11.6 Å². The van der Waals surface area contributed by atoms with Crippen LogP contribution in [0.25, 0.3) is 0 Å². The molecular formula is C16H26N4O. The zero-order valence-corrected chi connectivity index (χ0v) is 13.3. The Bertz CT molecular complexity index is 456. The summed E-state index contributed by atoms with van der Waals surface area (Å²) in [7, 11) is 0. The summed E-state index contributed by atoms with van der Waals surface area (Å²) in [5, 5.41) is 6.31. The molecule has 1 aliphatic carbocycles. The van der Waals surface area contributed by atoms with Crippen molar-refractivity contribution in [3.8, 4) is 0 Å². The number of hydrogen-bond acceptors (Lipinski definition) is 4. The first kappa shape index (κ1) is 15.7. The fraction of sp³-hybridized carbons (Fsp3) is 0.688. The van der Waals surface area contributed by atoms with Gasteiger partial charge in [-0.1, -0.05) is 25.7 Å². The topological polar surface area (TPSA) is 66.9 Å². The number of amides is 1. The number of hydrogen-bond donors (Lipinski definition) is 2. The third-order valence-electron chi connectivity index (χ3n) is 3.58. The van der Waals surface area contributed by atoms with Gasteiger partial charge in [0.2, 0.25) is 0 Å². The molecule has 21 heavy (non-hydrogen) atoms. The van der Waals surface area contributed by atoms with Crippen LogP contribution in [0.3, 0.4) is 0 Å². The van der Waals surface area contributed by atoms with Gasteiger partial charge in [-0.2, -0.15) is 0 Å². The van der Waals surface area contributed by atoms with Gasteiger partial charge in [-0.05, 0) is 33.6 Å². The van der Waals surface area contributed by atoms with E-state index in [1.165, 1.54) is 38.5 Å². The summed E-state index contributed by atoms with van der Waals surface area (Å²) in [6.07, 6.45) is 10.8. The van der Waals surface area contributed by atoms with Gasteiger partial charge in [0.25, 0.3) is 5.91 Å². The number of anilines is 1. The lowest BCUT2D eigenvalue weighted by Crippen LogP contribution is -2.41. The molecule has 5 heteroatoms. The summed E-state index contributed by atoms with van der Waals surface area (Å²) in [6.45, 7) is 5.83. The molecule has 0 bridgehead atoms. The molecule has 1 amide bonds. The van der Waals surface area contributed by atoms with Crippen LogP contribution in [0.15, 0.2) is 12.4 Å². The largest absolute Gasteiger partial charge is 0.366 e. The zero-order chi connectivity index (χ0) is 15.3. The summed E-state index contributed by atoms with van der Waals surface area (Å²) >= 11 is 0. The zero-order valence-electron chi connectivity index (χ0n) is 13.3. The van der Waals surface area contributed by atoms with Crippen LogP contribution in [0, 0.1) is 0 Å². The Balaban J connectivity index is 1.93. The van der Waals surface area contributed by atoms with Gasteiger partial charge in [-0.15, -0.1) is 0 Å². The van der Waals surface area contributed by atoms with Crippen molar-refractivity contribution < 1.29 is 4.79 Å². The lowest BCUT2D eigenvalue weighted by Gasteiger charge is -2.20. The van der Waals surface area contributed by atoms with Crippen molar-refractivity contribution in [2.45, 2.75) is 70.9 Å². The van der Waals surface area contributed by atoms with E-state index >= 15 is 0 Å². The molecule has 1 aliphatic rings. The maximum atomic E-state index is 12.0. The molecule has 1 fully saturated rings. The first-order valence-electron chi connectivity index (χ1n) is 7.85. The minimum Gasteiger partial charge on any atom is -0.366 e. The average molecular weight is 290 g/mol. The third kappa shape index (κ3) is 5.33. The van der Waals surface area contributed by atoms with Crippen molar-refractivity contribution >= 4 is 11.7 Å². The molecule has 5 nitrogen and oxygen atoms in total. The molecule has 1 saturated carbocycles. The summed E-state index contributed by atoms with van der Waals surface area (Å²) < 4.78 is 0. The maximum Gasteiger partial charge on any atom is 0.271 e. The van der Waals surface area contributed by atoms with Gasteiger partial charge in [0.15, 0.2) is 0 Å². The second-order valence-electron chi connectivity index (χ2n) is 6.82. The first-order chi connectivity index (χ1) is 9.94. The Morgan fingerprint density at radius 2 is 1.76 bits per heavy atom. The maximum absolute atomic E-state index is 12.0. The normalized spacial score (nSPS) is 17.1. The number of nitrogens with one attached hydrogen (secondary N) is 2. The van der Waals surface area contributed by atoms with Crippen molar-refractivity contribution in [3.05, 3.63) is 18.1 Å². The van der Waals surface area contributed by atoms with Crippen LogP contribution in [0.2, 0.25) is 0 Å². The Morgan fingerprint density at radius 3 is 2.29 bits per heavy atom. The van der Waals surface area contributed by atoms with Crippen molar-refractivity contribution in [3.63, 3.8) is 0 Å². The van der Waals surface area contributed by atoms with Gasteiger partial charge in [0.05, 0.1) is 12.4 Å². The molecule has 0 unspecified atom stereocenters. The lowest BCUT2D eigenvalue weighted by atomic mass is 10.1. The Labute approximate surface area is 127 Å². The highest BCUT2D eigenvalue weighted by atomic mass is 16.2. The third-order valence-corrected chi connectivity index (χ3v) is 3.58. The molecule has 116 valence electrons. The predicted molar refractivity (Wildman–Crippen MR) is 84.4 cm³/mol. The van der Waals surface area contributed by atoms with Crippen LogP contribution in [0.5, 0.6) is 0 Å². The van der Waals surface area contributed by atoms with Crippen molar-refractivity contribution in [1.82, 2.24) is 15.3 Å². The second kappa shape index (κ2) is 6.87. The highest BCUT2D eigenvalue weighted by Crippen LogP contribution is 2.20. The number of nitrogens with zero attached hydrogens (tertiary/aromatic N) is 2. The molecule has 0 spiro atoms. The van der Waals surface area contributed by atoms with E-state index in [-0.39, 0.29) is 11.4 Å². The van der Waals surface area contributed by atoms with E-state index < -0.39 is 0 Å². The molecule has 0 radical (unpaired) electrons. The Morgan fingerprint density at radius 1 is 1.10 bits per heavy atom. The van der Waals surface area contributed by atoms with E-state index in [0.29, 0.717) is 11.7 Å². The van der Waals surface area contributed by atoms with Gasteiger partial charge in [-0.3, -0.25) is 4.79 Å². The van der Waals surface area contributed by atoms with Crippen molar-refractivity contribution in [2.24, 2.45) is 0 Å². The first-order valence-corrected chi connectivity index (χ1v) is 7.85. The van der Waals surface area contributed by atoms with Crippen LogP contribution in [-0.4, -0.2) is 27.5 Å². The minimum absolute atomic E-state index is 0.184. The van der Waals surface area contributed by atoms with Gasteiger partial charge in [-0.25, -0.2) is 9.97 Å². The summed E-state index contributed by atoms with van der Waals surface area (Å²) in [4.78, 5) is 20.5. The van der Waals surface area contributed by atoms with E-state index in [0.717, 1.165) is 5.82 Å². The standard InChI is InChI=1S/C16H26N4O/c1-16(2,3)20-15(21)13-10-18-14(11-17-13)19-12-8-6-4-5-7-9-12/h10-12H,4-9H2,1-3H3,(H,18,19)(H,20,21). The van der Waals surface area contributed by atoms with E-state index in [4.69, 9.17) is 0 Å². The Kier molecular flexibility index (Phi) is 5.15. The fourth-order valence-electron chi connectivity index (χ4n) is 2.56. The van der Waals surface area contributed by atoms with Gasteiger partial charge in [0.1, 0.15) is 11.5 Å². The molecule has 0 saturated heterocycles. The van der Waals surface area contributed by atoms with E-state index in [9.17, 15) is 4.79 Å². The van der Waals surface area contributed by atoms with Crippen molar-refractivity contribution in [1.29, 1.82) is 0 Å².